The van der Waals surface area contributed by atoms with Crippen molar-refractivity contribution in [2.45, 2.75) is 13.2 Å². The molecular weight excluding hydrogens is 162 g/mol. The van der Waals surface area contributed by atoms with Crippen molar-refractivity contribution < 1.29 is 4.74 Å². The summed E-state index contributed by atoms with van der Waals surface area (Å²) in [5, 5.41) is 0. The highest BCUT2D eigenvalue weighted by molar-refractivity contribution is 5.24. The minimum absolute atomic E-state index is 0.167. The Morgan fingerprint density at radius 3 is 2.92 bits per heavy atom. The van der Waals surface area contributed by atoms with Crippen LogP contribution in [-0.2, 0) is 4.74 Å². The standard InChI is InChI=1S/C11H15NO/c1-9-4-3-5-10(8-9)11-12(2)6-7-13-11/h3-5,8,11H,6-7H2,1-2H3. The summed E-state index contributed by atoms with van der Waals surface area (Å²) in [4.78, 5) is 2.23. The molecule has 13 heavy (non-hydrogen) atoms. The average molecular weight is 177 g/mol. The molecule has 1 saturated heterocycles. The van der Waals surface area contributed by atoms with Crippen molar-refractivity contribution in [3.05, 3.63) is 35.4 Å². The van der Waals surface area contributed by atoms with Gasteiger partial charge in [-0.1, -0.05) is 29.8 Å². The smallest absolute Gasteiger partial charge is 0.136 e. The molecule has 0 bridgehead atoms. The van der Waals surface area contributed by atoms with Crippen molar-refractivity contribution in [3.63, 3.8) is 0 Å². The van der Waals surface area contributed by atoms with Gasteiger partial charge >= 0.3 is 0 Å². The maximum atomic E-state index is 5.63. The van der Waals surface area contributed by atoms with Crippen LogP contribution in [0.3, 0.4) is 0 Å². The Morgan fingerprint density at radius 1 is 1.46 bits per heavy atom. The predicted octanol–water partition coefficient (Wildman–Crippen LogP) is 1.96. The normalized spacial score (nSPS) is 23.7. The zero-order valence-corrected chi connectivity index (χ0v) is 8.16. The van der Waals surface area contributed by atoms with Crippen LogP contribution in [0.4, 0.5) is 0 Å². The van der Waals surface area contributed by atoms with Crippen molar-refractivity contribution in [1.82, 2.24) is 4.90 Å². The molecule has 1 aromatic carbocycles. The number of benzene rings is 1. The fourth-order valence-electron chi connectivity index (χ4n) is 1.73. The average Bonchev–Trinajstić information content (AvgIpc) is 2.51. The van der Waals surface area contributed by atoms with Crippen molar-refractivity contribution in [2.75, 3.05) is 20.2 Å². The molecular formula is C11H15NO. The molecule has 1 heterocycles. The van der Waals surface area contributed by atoms with Gasteiger partial charge in [0.05, 0.1) is 6.61 Å². The van der Waals surface area contributed by atoms with Gasteiger partial charge < -0.3 is 4.74 Å². The minimum atomic E-state index is 0.167. The van der Waals surface area contributed by atoms with Gasteiger partial charge in [-0.3, -0.25) is 4.90 Å². The van der Waals surface area contributed by atoms with Gasteiger partial charge in [0, 0.05) is 6.54 Å². The van der Waals surface area contributed by atoms with Crippen molar-refractivity contribution >= 4 is 0 Å². The Balaban J connectivity index is 2.24. The van der Waals surface area contributed by atoms with E-state index in [-0.39, 0.29) is 6.23 Å². The fourth-order valence-corrected chi connectivity index (χ4v) is 1.73. The van der Waals surface area contributed by atoms with E-state index in [0.29, 0.717) is 0 Å². The molecule has 1 atom stereocenters. The predicted molar refractivity (Wildman–Crippen MR) is 52.5 cm³/mol. The van der Waals surface area contributed by atoms with Gasteiger partial charge in [-0.15, -0.1) is 0 Å². The lowest BCUT2D eigenvalue weighted by Crippen LogP contribution is -2.18. The Labute approximate surface area is 79.1 Å². The quantitative estimate of drug-likeness (QED) is 0.650. The van der Waals surface area contributed by atoms with Crippen LogP contribution in [0.15, 0.2) is 24.3 Å². The lowest BCUT2D eigenvalue weighted by Gasteiger charge is -2.18. The third-order valence-electron chi connectivity index (χ3n) is 2.45. The summed E-state index contributed by atoms with van der Waals surface area (Å²) in [6, 6.07) is 8.50. The molecule has 2 nitrogen and oxygen atoms in total. The van der Waals surface area contributed by atoms with E-state index in [9.17, 15) is 0 Å². The van der Waals surface area contributed by atoms with Gasteiger partial charge in [-0.05, 0) is 19.5 Å². The van der Waals surface area contributed by atoms with Crippen LogP contribution in [0.2, 0.25) is 0 Å². The minimum Gasteiger partial charge on any atom is -0.358 e. The summed E-state index contributed by atoms with van der Waals surface area (Å²) in [6.45, 7) is 3.98. The second-order valence-electron chi connectivity index (χ2n) is 3.62. The first-order valence-corrected chi connectivity index (χ1v) is 4.66. The van der Waals surface area contributed by atoms with E-state index in [1.165, 1.54) is 11.1 Å². The summed E-state index contributed by atoms with van der Waals surface area (Å²) in [6.07, 6.45) is 0.167. The second kappa shape index (κ2) is 3.48. The number of hydrogen-bond donors (Lipinski definition) is 0. The summed E-state index contributed by atoms with van der Waals surface area (Å²) >= 11 is 0. The van der Waals surface area contributed by atoms with E-state index in [1.807, 2.05) is 0 Å². The summed E-state index contributed by atoms with van der Waals surface area (Å²) in [5.74, 6) is 0. The van der Waals surface area contributed by atoms with Gasteiger partial charge in [0.2, 0.25) is 0 Å². The first-order valence-electron chi connectivity index (χ1n) is 4.66. The molecule has 0 N–H and O–H groups in total. The van der Waals surface area contributed by atoms with Crippen LogP contribution in [-0.4, -0.2) is 25.1 Å². The van der Waals surface area contributed by atoms with Gasteiger partial charge in [-0.25, -0.2) is 0 Å². The molecule has 0 aliphatic carbocycles. The Morgan fingerprint density at radius 2 is 2.31 bits per heavy atom. The first-order chi connectivity index (χ1) is 6.27. The molecule has 70 valence electrons. The molecule has 2 rings (SSSR count). The molecule has 0 spiro atoms. The van der Waals surface area contributed by atoms with E-state index in [0.717, 1.165) is 13.2 Å². The zero-order chi connectivity index (χ0) is 9.26. The molecule has 1 aliphatic rings. The third kappa shape index (κ3) is 1.74. The fraction of sp³-hybridized carbons (Fsp3) is 0.455. The molecule has 1 aliphatic heterocycles. The molecule has 0 amide bonds. The summed E-state index contributed by atoms with van der Waals surface area (Å²) in [5.41, 5.74) is 2.56. The van der Waals surface area contributed by atoms with Crippen LogP contribution < -0.4 is 0 Å². The lowest BCUT2D eigenvalue weighted by atomic mass is 10.1. The van der Waals surface area contributed by atoms with Crippen LogP contribution in [0.1, 0.15) is 17.4 Å². The number of aryl methyl sites for hydroxylation is 1. The maximum absolute atomic E-state index is 5.63. The summed E-state index contributed by atoms with van der Waals surface area (Å²) < 4.78 is 5.63. The molecule has 0 radical (unpaired) electrons. The van der Waals surface area contributed by atoms with E-state index >= 15 is 0 Å². The molecule has 0 saturated carbocycles. The third-order valence-corrected chi connectivity index (χ3v) is 2.45. The van der Waals surface area contributed by atoms with Gasteiger partial charge in [0.15, 0.2) is 0 Å². The number of ether oxygens (including phenoxy) is 1. The van der Waals surface area contributed by atoms with E-state index < -0.39 is 0 Å². The van der Waals surface area contributed by atoms with Gasteiger partial charge in [0.25, 0.3) is 0 Å². The van der Waals surface area contributed by atoms with Gasteiger partial charge in [0.1, 0.15) is 6.23 Å². The lowest BCUT2D eigenvalue weighted by molar-refractivity contribution is 0.0453. The van der Waals surface area contributed by atoms with Crippen LogP contribution in [0.5, 0.6) is 0 Å². The second-order valence-corrected chi connectivity index (χ2v) is 3.62. The monoisotopic (exact) mass is 177 g/mol. The highest BCUT2D eigenvalue weighted by atomic mass is 16.5. The van der Waals surface area contributed by atoms with Crippen molar-refractivity contribution in [3.8, 4) is 0 Å². The number of rotatable bonds is 1. The van der Waals surface area contributed by atoms with Crippen molar-refractivity contribution in [1.29, 1.82) is 0 Å². The van der Waals surface area contributed by atoms with E-state index in [2.05, 4.69) is 43.1 Å². The molecule has 1 unspecified atom stereocenters. The Kier molecular flexibility index (Phi) is 2.34. The SMILES string of the molecule is Cc1cccc(C2OCCN2C)c1. The van der Waals surface area contributed by atoms with Crippen molar-refractivity contribution in [2.24, 2.45) is 0 Å². The van der Waals surface area contributed by atoms with Gasteiger partial charge in [-0.2, -0.15) is 0 Å². The number of nitrogens with zero attached hydrogens (tertiary/aromatic N) is 1. The maximum Gasteiger partial charge on any atom is 0.136 e. The number of hydrogen-bond acceptors (Lipinski definition) is 2. The topological polar surface area (TPSA) is 12.5 Å². The summed E-state index contributed by atoms with van der Waals surface area (Å²) in [7, 11) is 2.10. The van der Waals surface area contributed by atoms with E-state index in [1.54, 1.807) is 0 Å². The largest absolute Gasteiger partial charge is 0.358 e. The highest BCUT2D eigenvalue weighted by Gasteiger charge is 2.22. The molecule has 2 heteroatoms. The Hall–Kier alpha value is -0.860. The molecule has 0 aromatic heterocycles. The van der Waals surface area contributed by atoms with Crippen LogP contribution in [0, 0.1) is 6.92 Å². The van der Waals surface area contributed by atoms with Crippen LogP contribution >= 0.6 is 0 Å². The van der Waals surface area contributed by atoms with Crippen LogP contribution in [0.25, 0.3) is 0 Å². The molecule has 1 aromatic rings. The highest BCUT2D eigenvalue weighted by Crippen LogP contribution is 2.25. The zero-order valence-electron chi connectivity index (χ0n) is 8.16. The first kappa shape index (κ1) is 8.73. The molecule has 1 fully saturated rings. The Bertz CT molecular complexity index is 298. The number of likely N-dealkylation sites (N-methyl/N-ethyl adjacent to an activating group) is 1. The van der Waals surface area contributed by atoms with E-state index in [4.69, 9.17) is 4.74 Å².